The molecule has 4 N–H and O–H groups in total. The second-order valence-electron chi connectivity index (χ2n) is 12.1. The number of hydrogen-bond acceptors (Lipinski definition) is 7. The number of imidazole rings is 1. The van der Waals surface area contributed by atoms with Crippen LogP contribution in [0.15, 0.2) is 48.8 Å². The Morgan fingerprint density at radius 2 is 1.85 bits per heavy atom. The first-order valence-electron chi connectivity index (χ1n) is 14.7. The maximum atomic E-state index is 14.9. The second-order valence-corrected chi connectivity index (χ2v) is 12.1. The van der Waals surface area contributed by atoms with Gasteiger partial charge in [0, 0.05) is 29.4 Å². The summed E-state index contributed by atoms with van der Waals surface area (Å²) in [6, 6.07) is 7.14. The number of halogens is 4. The van der Waals surface area contributed by atoms with Gasteiger partial charge >= 0.3 is 6.18 Å². The van der Waals surface area contributed by atoms with Crippen molar-refractivity contribution in [3.63, 3.8) is 0 Å². The molecule has 0 saturated heterocycles. The summed E-state index contributed by atoms with van der Waals surface area (Å²) >= 11 is 0. The molecule has 3 aromatic heterocycles. The van der Waals surface area contributed by atoms with Crippen LogP contribution in [0.1, 0.15) is 58.9 Å². The molecular weight excluding hydrogens is 610 g/mol. The van der Waals surface area contributed by atoms with E-state index in [0.717, 1.165) is 36.7 Å². The van der Waals surface area contributed by atoms with Crippen molar-refractivity contribution in [3.05, 3.63) is 77.1 Å². The monoisotopic (exact) mass is 639 g/mol. The van der Waals surface area contributed by atoms with Crippen LogP contribution in [-0.2, 0) is 15.8 Å². The highest BCUT2D eigenvalue weighted by atomic mass is 19.4. The molecule has 0 radical (unpaired) electrons. The van der Waals surface area contributed by atoms with Gasteiger partial charge in [-0.15, -0.1) is 0 Å². The smallest absolute Gasteiger partial charge is 0.424 e. The lowest BCUT2D eigenvalue weighted by Gasteiger charge is -2.32. The molecule has 4 heterocycles. The van der Waals surface area contributed by atoms with Gasteiger partial charge in [-0.1, -0.05) is 0 Å². The molecule has 2 atom stereocenters. The number of methoxy groups -OCH3 is 1. The van der Waals surface area contributed by atoms with E-state index in [2.05, 4.69) is 15.3 Å². The molecule has 3 aliphatic rings. The Bertz CT molecular complexity index is 1890. The molecule has 240 valence electrons. The normalized spacial score (nSPS) is 20.6. The Morgan fingerprint density at radius 3 is 2.46 bits per heavy atom. The Kier molecular flexibility index (Phi) is 6.78. The fourth-order valence-electron chi connectivity index (χ4n) is 6.19. The van der Waals surface area contributed by atoms with Crippen LogP contribution in [0.2, 0.25) is 0 Å². The summed E-state index contributed by atoms with van der Waals surface area (Å²) in [6.07, 6.45) is 1.000. The Morgan fingerprint density at radius 1 is 1.13 bits per heavy atom. The number of nitrogens with two attached hydrogens (primary N) is 1. The molecule has 2 saturated carbocycles. The van der Waals surface area contributed by atoms with Gasteiger partial charge in [-0.05, 0) is 68.0 Å². The topological polar surface area (TPSA) is 141 Å². The Labute approximate surface area is 259 Å². The van der Waals surface area contributed by atoms with Gasteiger partial charge in [-0.2, -0.15) is 13.2 Å². The highest BCUT2D eigenvalue weighted by Crippen LogP contribution is 2.56. The van der Waals surface area contributed by atoms with Gasteiger partial charge in [0.05, 0.1) is 30.6 Å². The van der Waals surface area contributed by atoms with E-state index in [1.54, 1.807) is 10.6 Å². The largest absolute Gasteiger partial charge is 0.493 e. The van der Waals surface area contributed by atoms with Crippen LogP contribution in [-0.4, -0.2) is 57.7 Å². The number of amides is 2. The number of rotatable bonds is 9. The molecule has 1 aromatic carbocycles. The molecule has 4 aromatic rings. The number of carbonyl (C=O) groups excluding carboxylic acids is 2. The molecule has 14 heteroatoms. The molecule has 7 rings (SSSR count). The predicted octanol–water partition coefficient (Wildman–Crippen LogP) is 4.13. The van der Waals surface area contributed by atoms with Crippen molar-refractivity contribution in [1.29, 1.82) is 0 Å². The predicted molar refractivity (Wildman–Crippen MR) is 155 cm³/mol. The summed E-state index contributed by atoms with van der Waals surface area (Å²) in [4.78, 5) is 34.9. The molecule has 1 unspecified atom stereocenters. The maximum Gasteiger partial charge on any atom is 0.424 e. The molecule has 0 bridgehead atoms. The van der Waals surface area contributed by atoms with Gasteiger partial charge < -0.3 is 30.0 Å². The van der Waals surface area contributed by atoms with Gasteiger partial charge in [-0.25, -0.2) is 14.4 Å². The van der Waals surface area contributed by atoms with Crippen LogP contribution >= 0.6 is 0 Å². The molecule has 1 aliphatic heterocycles. The Hall–Kier alpha value is -4.72. The third-order valence-electron chi connectivity index (χ3n) is 9.14. The number of nitrogens with zero attached hydrogens (tertiary/aromatic N) is 3. The van der Waals surface area contributed by atoms with Crippen LogP contribution in [0.3, 0.4) is 0 Å². The first-order chi connectivity index (χ1) is 21.9. The summed E-state index contributed by atoms with van der Waals surface area (Å²) in [7, 11) is 1.39. The first-order valence-corrected chi connectivity index (χ1v) is 14.7. The minimum absolute atomic E-state index is 0.0286. The van der Waals surface area contributed by atoms with E-state index in [0.29, 0.717) is 24.4 Å². The van der Waals surface area contributed by atoms with Crippen molar-refractivity contribution in [2.75, 3.05) is 20.3 Å². The number of alkyl halides is 3. The van der Waals surface area contributed by atoms with Gasteiger partial charge in [0.1, 0.15) is 29.3 Å². The van der Waals surface area contributed by atoms with E-state index in [1.807, 2.05) is 0 Å². The third-order valence-corrected chi connectivity index (χ3v) is 9.14. The molecule has 0 spiro atoms. The summed E-state index contributed by atoms with van der Waals surface area (Å²) < 4.78 is 71.2. The highest BCUT2D eigenvalue weighted by molar-refractivity contribution is 5.95. The molecule has 2 fully saturated rings. The van der Waals surface area contributed by atoms with Gasteiger partial charge in [0.2, 0.25) is 11.5 Å². The molecule has 2 amide bonds. The van der Waals surface area contributed by atoms with Crippen LogP contribution in [0.4, 0.5) is 17.6 Å². The lowest BCUT2D eigenvalue weighted by molar-refractivity contribution is -0.265. The summed E-state index contributed by atoms with van der Waals surface area (Å²) in [5.41, 5.74) is 1.16. The van der Waals surface area contributed by atoms with E-state index in [1.165, 1.54) is 31.5 Å². The van der Waals surface area contributed by atoms with Crippen molar-refractivity contribution >= 4 is 17.5 Å². The summed E-state index contributed by atoms with van der Waals surface area (Å²) in [5.74, 6) is -1.99. The van der Waals surface area contributed by atoms with Crippen molar-refractivity contribution < 1.29 is 41.7 Å². The Balaban J connectivity index is 1.29. The number of benzene rings is 1. The maximum absolute atomic E-state index is 14.9. The van der Waals surface area contributed by atoms with Crippen LogP contribution in [0, 0.1) is 11.7 Å². The number of aliphatic hydroxyl groups is 1. The second kappa shape index (κ2) is 10.4. The van der Waals surface area contributed by atoms with Crippen molar-refractivity contribution in [2.45, 2.75) is 48.8 Å². The standard InChI is InChI=1S/C32H29F4N5O5/c1-45-23-10-18(12-41-13-22(16-2-3-16)39-27(23)41)28(42)38-14-31(44,32(34,35)36)24-11-21-26(25(40-24)17-4-8-20(33)9-5-17)46-15-30(21,29(37)43)19-6-7-19/h4-5,8-13,16,19,44H,2-3,6-7,14-15H2,1H3,(H2,37,43)(H,38,42)/t30-,31?/m1/s1. The van der Waals surface area contributed by atoms with Crippen molar-refractivity contribution in [1.82, 2.24) is 19.7 Å². The van der Waals surface area contributed by atoms with Gasteiger partial charge in [0.15, 0.2) is 11.4 Å². The average Bonchev–Trinajstić information content (AvgIpc) is 3.97. The molecule has 10 nitrogen and oxygen atoms in total. The number of nitrogens with one attached hydrogen (secondary N) is 1. The zero-order valence-corrected chi connectivity index (χ0v) is 24.5. The number of primary amides is 1. The summed E-state index contributed by atoms with van der Waals surface area (Å²) in [5, 5.41) is 13.6. The highest BCUT2D eigenvalue weighted by Gasteiger charge is 2.60. The van der Waals surface area contributed by atoms with E-state index in [-0.39, 0.29) is 46.4 Å². The van der Waals surface area contributed by atoms with Gasteiger partial charge in [-0.3, -0.25) is 9.59 Å². The minimum atomic E-state index is -5.35. The quantitative estimate of drug-likeness (QED) is 0.234. The number of ether oxygens (including phenoxy) is 2. The van der Waals surface area contributed by atoms with Crippen LogP contribution in [0.25, 0.3) is 16.9 Å². The lowest BCUT2D eigenvalue weighted by Crippen LogP contribution is -2.52. The molecule has 2 aliphatic carbocycles. The number of pyridine rings is 2. The van der Waals surface area contributed by atoms with Gasteiger partial charge in [0.25, 0.3) is 5.91 Å². The fraction of sp³-hybridized carbons (Fsp3) is 0.375. The van der Waals surface area contributed by atoms with E-state index >= 15 is 0 Å². The summed E-state index contributed by atoms with van der Waals surface area (Å²) in [6.45, 7) is -1.54. The van der Waals surface area contributed by atoms with E-state index in [9.17, 15) is 32.3 Å². The zero-order valence-electron chi connectivity index (χ0n) is 24.5. The number of aromatic nitrogens is 3. The SMILES string of the molecule is COc1cc(C(=O)NCC(O)(c2cc3c(c(-c4ccc(F)cc4)n2)OC[C@@]3(C(N)=O)C2CC2)C(F)(F)F)cn2cc(C3CC3)nc12. The van der Waals surface area contributed by atoms with E-state index < -0.39 is 47.1 Å². The number of fused-ring (bicyclic) bond motifs is 2. The fourth-order valence-corrected chi connectivity index (χ4v) is 6.19. The zero-order chi connectivity index (χ0) is 32.6. The van der Waals surface area contributed by atoms with Crippen LogP contribution < -0.4 is 20.5 Å². The number of hydrogen-bond donors (Lipinski definition) is 3. The van der Waals surface area contributed by atoms with Crippen LogP contribution in [0.5, 0.6) is 11.5 Å². The minimum Gasteiger partial charge on any atom is -0.493 e. The van der Waals surface area contributed by atoms with Crippen molar-refractivity contribution in [2.24, 2.45) is 11.7 Å². The third kappa shape index (κ3) is 4.73. The van der Waals surface area contributed by atoms with Crippen molar-refractivity contribution in [3.8, 4) is 22.8 Å². The number of carbonyl (C=O) groups is 2. The lowest BCUT2D eigenvalue weighted by atomic mass is 9.76. The molecule has 46 heavy (non-hydrogen) atoms. The van der Waals surface area contributed by atoms with E-state index in [4.69, 9.17) is 15.2 Å². The average molecular weight is 640 g/mol. The molecular formula is C32H29F4N5O5. The first kappa shape index (κ1) is 30.0.